The summed E-state index contributed by atoms with van der Waals surface area (Å²) < 4.78 is 44.4. The molecule has 0 saturated heterocycles. The van der Waals surface area contributed by atoms with Crippen molar-refractivity contribution in [3.8, 4) is 5.75 Å². The Morgan fingerprint density at radius 2 is 1.95 bits per heavy atom. The molecule has 0 fully saturated rings. The second kappa shape index (κ2) is 6.77. The first-order chi connectivity index (χ1) is 8.83. The van der Waals surface area contributed by atoms with Crippen LogP contribution in [0.5, 0.6) is 5.75 Å². The summed E-state index contributed by atoms with van der Waals surface area (Å²) in [4.78, 5) is 0. The molecule has 1 rings (SSSR count). The highest BCUT2D eigenvalue weighted by atomic mass is 19.4. The van der Waals surface area contributed by atoms with Crippen molar-refractivity contribution in [1.82, 2.24) is 5.32 Å². The molecule has 1 N–H and O–H groups in total. The summed E-state index contributed by atoms with van der Waals surface area (Å²) in [6.45, 7) is 3.23. The lowest BCUT2D eigenvalue weighted by atomic mass is 10.0. The predicted octanol–water partition coefficient (Wildman–Crippen LogP) is 3.19. The molecule has 3 nitrogen and oxygen atoms in total. The third-order valence-electron chi connectivity index (χ3n) is 2.67. The highest BCUT2D eigenvalue weighted by Gasteiger charge is 2.28. The topological polar surface area (TPSA) is 30.5 Å². The number of hydrogen-bond acceptors (Lipinski definition) is 3. The molecule has 0 spiro atoms. The normalized spacial score (nSPS) is 13.4. The van der Waals surface area contributed by atoms with Gasteiger partial charge < -0.3 is 10.1 Å². The summed E-state index contributed by atoms with van der Waals surface area (Å²) in [5, 5.41) is 3.07. The van der Waals surface area contributed by atoms with Crippen LogP contribution in [0.1, 0.15) is 24.1 Å². The smallest absolute Gasteiger partial charge is 0.491 e. The monoisotopic (exact) mass is 277 g/mol. The van der Waals surface area contributed by atoms with E-state index in [-0.39, 0.29) is 12.6 Å². The van der Waals surface area contributed by atoms with Crippen LogP contribution in [0.2, 0.25) is 0 Å². The Morgan fingerprint density at radius 3 is 2.53 bits per heavy atom. The SMILES string of the molecule is CNC(C)c1cc(C)ccc1OCCOC(F)(F)F. The van der Waals surface area contributed by atoms with E-state index in [0.717, 1.165) is 11.1 Å². The summed E-state index contributed by atoms with van der Waals surface area (Å²) in [6.07, 6.45) is -4.61. The molecule has 19 heavy (non-hydrogen) atoms. The molecule has 0 bridgehead atoms. The quantitative estimate of drug-likeness (QED) is 0.810. The Labute approximate surface area is 110 Å². The molecule has 1 unspecified atom stereocenters. The summed E-state index contributed by atoms with van der Waals surface area (Å²) in [5.74, 6) is 0.568. The fraction of sp³-hybridized carbons (Fsp3) is 0.538. The molecular weight excluding hydrogens is 259 g/mol. The van der Waals surface area contributed by atoms with Gasteiger partial charge >= 0.3 is 6.36 Å². The van der Waals surface area contributed by atoms with E-state index >= 15 is 0 Å². The first-order valence-corrected chi connectivity index (χ1v) is 5.95. The van der Waals surface area contributed by atoms with Crippen LogP contribution in [0.3, 0.4) is 0 Å². The van der Waals surface area contributed by atoms with E-state index in [9.17, 15) is 13.2 Å². The van der Waals surface area contributed by atoms with Crippen molar-refractivity contribution in [2.45, 2.75) is 26.3 Å². The van der Waals surface area contributed by atoms with E-state index in [4.69, 9.17) is 4.74 Å². The maximum atomic E-state index is 11.8. The number of rotatable bonds is 6. The van der Waals surface area contributed by atoms with Crippen LogP contribution in [0.4, 0.5) is 13.2 Å². The first kappa shape index (κ1) is 15.8. The molecule has 0 heterocycles. The van der Waals surface area contributed by atoms with Gasteiger partial charge in [0.15, 0.2) is 0 Å². The van der Waals surface area contributed by atoms with E-state index in [0.29, 0.717) is 5.75 Å². The van der Waals surface area contributed by atoms with Gasteiger partial charge in [0.25, 0.3) is 0 Å². The average Bonchev–Trinajstić information content (AvgIpc) is 2.33. The van der Waals surface area contributed by atoms with E-state index in [1.165, 1.54) is 0 Å². The number of ether oxygens (including phenoxy) is 2. The zero-order valence-corrected chi connectivity index (χ0v) is 11.2. The minimum absolute atomic E-state index is 0.0541. The van der Waals surface area contributed by atoms with E-state index in [1.807, 2.05) is 33.0 Å². The van der Waals surface area contributed by atoms with E-state index in [1.54, 1.807) is 6.07 Å². The van der Waals surface area contributed by atoms with Gasteiger partial charge in [-0.25, -0.2) is 0 Å². The standard InChI is InChI=1S/C13H18F3NO2/c1-9-4-5-12(11(8-9)10(2)17-3)18-6-7-19-13(14,15)16/h4-5,8,10,17H,6-7H2,1-3H3. The third-order valence-corrected chi connectivity index (χ3v) is 2.67. The Bertz CT molecular complexity index is 407. The van der Waals surface area contributed by atoms with Crippen molar-refractivity contribution in [2.24, 2.45) is 0 Å². The Balaban J connectivity index is 2.62. The maximum Gasteiger partial charge on any atom is 0.522 e. The lowest BCUT2D eigenvalue weighted by Crippen LogP contribution is -2.19. The van der Waals surface area contributed by atoms with Crippen LogP contribution in [0.15, 0.2) is 18.2 Å². The minimum Gasteiger partial charge on any atom is -0.491 e. The molecule has 1 aromatic carbocycles. The van der Waals surface area contributed by atoms with Crippen molar-refractivity contribution in [3.05, 3.63) is 29.3 Å². The number of nitrogens with one attached hydrogen (secondary N) is 1. The van der Waals surface area contributed by atoms with Crippen LogP contribution in [-0.2, 0) is 4.74 Å². The maximum absolute atomic E-state index is 11.8. The fourth-order valence-corrected chi connectivity index (χ4v) is 1.60. The number of hydrogen-bond donors (Lipinski definition) is 1. The van der Waals surface area contributed by atoms with Gasteiger partial charge in [-0.15, -0.1) is 13.2 Å². The van der Waals surface area contributed by atoms with Crippen molar-refractivity contribution < 1.29 is 22.6 Å². The molecular formula is C13H18F3NO2. The van der Waals surface area contributed by atoms with Crippen LogP contribution < -0.4 is 10.1 Å². The fourth-order valence-electron chi connectivity index (χ4n) is 1.60. The van der Waals surface area contributed by atoms with Gasteiger partial charge in [-0.2, -0.15) is 0 Å². The van der Waals surface area contributed by atoms with Gasteiger partial charge in [0.1, 0.15) is 12.4 Å². The van der Waals surface area contributed by atoms with Gasteiger partial charge in [-0.05, 0) is 27.0 Å². The molecule has 108 valence electrons. The van der Waals surface area contributed by atoms with Crippen LogP contribution in [0.25, 0.3) is 0 Å². The highest BCUT2D eigenvalue weighted by molar-refractivity contribution is 5.38. The summed E-state index contributed by atoms with van der Waals surface area (Å²) in [5.41, 5.74) is 1.98. The molecule has 0 amide bonds. The van der Waals surface area contributed by atoms with E-state index in [2.05, 4.69) is 10.1 Å². The van der Waals surface area contributed by atoms with Crippen molar-refractivity contribution in [3.63, 3.8) is 0 Å². The van der Waals surface area contributed by atoms with Gasteiger partial charge in [0, 0.05) is 11.6 Å². The Kier molecular flexibility index (Phi) is 5.62. The van der Waals surface area contributed by atoms with Gasteiger partial charge in [0.2, 0.25) is 0 Å². The zero-order chi connectivity index (χ0) is 14.5. The lowest BCUT2D eigenvalue weighted by molar-refractivity contribution is -0.325. The predicted molar refractivity (Wildman–Crippen MR) is 66.2 cm³/mol. The van der Waals surface area contributed by atoms with Gasteiger partial charge in [-0.1, -0.05) is 17.7 Å². The second-order valence-corrected chi connectivity index (χ2v) is 4.19. The van der Waals surface area contributed by atoms with Crippen molar-refractivity contribution >= 4 is 0 Å². The number of halogens is 3. The van der Waals surface area contributed by atoms with E-state index < -0.39 is 13.0 Å². The molecule has 1 aromatic rings. The molecule has 6 heteroatoms. The Morgan fingerprint density at radius 1 is 1.26 bits per heavy atom. The molecule has 0 radical (unpaired) electrons. The average molecular weight is 277 g/mol. The summed E-state index contributed by atoms with van der Waals surface area (Å²) >= 11 is 0. The zero-order valence-electron chi connectivity index (χ0n) is 11.2. The van der Waals surface area contributed by atoms with Crippen LogP contribution in [0, 0.1) is 6.92 Å². The Hall–Kier alpha value is -1.27. The number of aryl methyl sites for hydroxylation is 1. The van der Waals surface area contributed by atoms with Gasteiger partial charge in [0.05, 0.1) is 6.61 Å². The molecule has 0 saturated carbocycles. The minimum atomic E-state index is -4.61. The van der Waals surface area contributed by atoms with Crippen LogP contribution >= 0.6 is 0 Å². The molecule has 0 aliphatic carbocycles. The molecule has 0 aromatic heterocycles. The van der Waals surface area contributed by atoms with Crippen LogP contribution in [-0.4, -0.2) is 26.6 Å². The summed E-state index contributed by atoms with van der Waals surface area (Å²) in [6, 6.07) is 5.61. The van der Waals surface area contributed by atoms with Crippen molar-refractivity contribution in [1.29, 1.82) is 0 Å². The first-order valence-electron chi connectivity index (χ1n) is 5.95. The second-order valence-electron chi connectivity index (χ2n) is 4.19. The number of alkyl halides is 3. The highest BCUT2D eigenvalue weighted by Crippen LogP contribution is 2.26. The van der Waals surface area contributed by atoms with Crippen molar-refractivity contribution in [2.75, 3.05) is 20.3 Å². The lowest BCUT2D eigenvalue weighted by Gasteiger charge is -2.17. The molecule has 0 aliphatic heterocycles. The molecule has 1 atom stereocenters. The summed E-state index contributed by atoms with van der Waals surface area (Å²) in [7, 11) is 1.81. The number of benzene rings is 1. The molecule has 0 aliphatic rings. The van der Waals surface area contributed by atoms with Gasteiger partial charge in [-0.3, -0.25) is 4.74 Å². The largest absolute Gasteiger partial charge is 0.522 e. The third kappa shape index (κ3) is 5.48.